The van der Waals surface area contributed by atoms with Crippen LogP contribution in [0.2, 0.25) is 0 Å². The molecule has 116 valence electrons. The van der Waals surface area contributed by atoms with Crippen LogP contribution in [0.3, 0.4) is 0 Å². The Balaban J connectivity index is 2.26. The molecule has 3 atom stereocenters. The Bertz CT molecular complexity index is 472. The summed E-state index contributed by atoms with van der Waals surface area (Å²) in [7, 11) is 0. The van der Waals surface area contributed by atoms with E-state index in [1.165, 1.54) is 13.8 Å². The van der Waals surface area contributed by atoms with E-state index in [1.54, 1.807) is 0 Å². The minimum atomic E-state index is -0.662. The van der Waals surface area contributed by atoms with Crippen molar-refractivity contribution in [2.45, 2.75) is 39.2 Å². The Morgan fingerprint density at radius 2 is 2.00 bits per heavy atom. The van der Waals surface area contributed by atoms with Gasteiger partial charge in [-0.25, -0.2) is 0 Å². The van der Waals surface area contributed by atoms with Crippen LogP contribution in [-0.2, 0) is 14.4 Å². The van der Waals surface area contributed by atoms with Crippen LogP contribution >= 0.6 is 0 Å². The molecule has 5 heteroatoms. The van der Waals surface area contributed by atoms with Crippen LogP contribution in [0, 0.1) is 17.8 Å². The number of likely N-dealkylation sites (N-methyl/N-ethyl adjacent to an activating group) is 1. The monoisotopic (exact) mass is 292 g/mol. The van der Waals surface area contributed by atoms with E-state index in [0.29, 0.717) is 13.0 Å². The quantitative estimate of drug-likeness (QED) is 0.581. The molecule has 5 nitrogen and oxygen atoms in total. The highest BCUT2D eigenvalue weighted by molar-refractivity contribution is 6.01. The highest BCUT2D eigenvalue weighted by Gasteiger charge is 2.50. The van der Waals surface area contributed by atoms with Crippen LogP contribution in [0.4, 0.5) is 0 Å². The normalized spacial score (nSPS) is 31.0. The molecule has 1 fully saturated rings. The van der Waals surface area contributed by atoms with E-state index in [1.807, 2.05) is 19.1 Å². The van der Waals surface area contributed by atoms with Gasteiger partial charge in [-0.2, -0.15) is 0 Å². The minimum absolute atomic E-state index is 0.00981. The predicted octanol–water partition coefficient (Wildman–Crippen LogP) is 0.841. The van der Waals surface area contributed by atoms with E-state index in [2.05, 4.69) is 10.6 Å². The van der Waals surface area contributed by atoms with Crippen molar-refractivity contribution in [2.24, 2.45) is 17.8 Å². The first-order chi connectivity index (χ1) is 9.92. The number of Topliss-reactive ketones (excluding diaryl/α,β-unsaturated/α-hetero) is 2. The second-order valence-electron chi connectivity index (χ2n) is 6.10. The zero-order valence-corrected chi connectivity index (χ0v) is 12.9. The number of allylic oxidation sites excluding steroid dienone is 1. The number of carbonyl (C=O) groups excluding carboxylic acids is 3. The molecule has 0 aromatic heterocycles. The average molecular weight is 292 g/mol. The average Bonchev–Trinajstić information content (AvgIpc) is 2.82. The number of carbonyl (C=O) groups is 3. The van der Waals surface area contributed by atoms with Crippen molar-refractivity contribution >= 4 is 17.5 Å². The molecule has 0 bridgehead atoms. The molecular weight excluding hydrogens is 268 g/mol. The first-order valence-electron chi connectivity index (χ1n) is 7.66. The van der Waals surface area contributed by atoms with Crippen LogP contribution in [-0.4, -0.2) is 36.1 Å². The van der Waals surface area contributed by atoms with Crippen molar-refractivity contribution in [3.05, 3.63) is 12.2 Å². The maximum atomic E-state index is 12.4. The number of hydrogen-bond donors (Lipinski definition) is 2. The van der Waals surface area contributed by atoms with Gasteiger partial charge < -0.3 is 5.32 Å². The van der Waals surface area contributed by atoms with Crippen LogP contribution in [0.25, 0.3) is 0 Å². The molecule has 0 saturated carbocycles. The summed E-state index contributed by atoms with van der Waals surface area (Å²) in [6, 6.07) is 0. The number of fused-ring (bicyclic) bond motifs is 1. The van der Waals surface area contributed by atoms with Crippen LogP contribution in [0.5, 0.6) is 0 Å². The Morgan fingerprint density at radius 3 is 2.57 bits per heavy atom. The van der Waals surface area contributed by atoms with Gasteiger partial charge in [-0.15, -0.1) is 0 Å². The number of ketones is 2. The molecule has 0 aromatic rings. The van der Waals surface area contributed by atoms with Gasteiger partial charge in [-0.1, -0.05) is 12.2 Å². The van der Waals surface area contributed by atoms with Crippen molar-refractivity contribution in [3.8, 4) is 0 Å². The van der Waals surface area contributed by atoms with E-state index in [4.69, 9.17) is 0 Å². The van der Waals surface area contributed by atoms with E-state index in [0.717, 1.165) is 13.0 Å². The molecule has 1 heterocycles. The van der Waals surface area contributed by atoms with E-state index in [9.17, 15) is 14.4 Å². The largest absolute Gasteiger partial charge is 0.354 e. The van der Waals surface area contributed by atoms with Gasteiger partial charge in [0.1, 0.15) is 17.1 Å². The van der Waals surface area contributed by atoms with Gasteiger partial charge in [0.15, 0.2) is 0 Å². The standard InChI is InChI=1S/C16H24N2O3/c1-4-17-15(21)16-7-5-12(9-13(16)6-8-18-16)14(10(2)19)11(3)20/h5,7,12-14,18H,4,6,8-9H2,1-3H3,(H,17,21)/t12-,13-,16+/m1/s1. The highest BCUT2D eigenvalue weighted by atomic mass is 16.2. The molecule has 1 aliphatic heterocycles. The minimum Gasteiger partial charge on any atom is -0.354 e. The molecule has 1 aliphatic carbocycles. The van der Waals surface area contributed by atoms with Crippen molar-refractivity contribution in [1.29, 1.82) is 0 Å². The molecule has 2 aliphatic rings. The predicted molar refractivity (Wildman–Crippen MR) is 79.6 cm³/mol. The van der Waals surface area contributed by atoms with Gasteiger partial charge in [-0.3, -0.25) is 19.7 Å². The third-order valence-corrected chi connectivity index (χ3v) is 4.73. The van der Waals surface area contributed by atoms with Gasteiger partial charge in [0.25, 0.3) is 0 Å². The second kappa shape index (κ2) is 6.10. The fourth-order valence-electron chi connectivity index (χ4n) is 3.79. The highest BCUT2D eigenvalue weighted by Crippen LogP contribution is 2.40. The van der Waals surface area contributed by atoms with Crippen molar-refractivity contribution in [3.63, 3.8) is 0 Å². The maximum absolute atomic E-state index is 12.4. The Labute approximate surface area is 125 Å². The molecule has 1 saturated heterocycles. The lowest BCUT2D eigenvalue weighted by atomic mass is 9.69. The van der Waals surface area contributed by atoms with Crippen molar-refractivity contribution in [2.75, 3.05) is 13.1 Å². The van der Waals surface area contributed by atoms with Crippen LogP contribution in [0.1, 0.15) is 33.6 Å². The van der Waals surface area contributed by atoms with Gasteiger partial charge in [0, 0.05) is 6.54 Å². The molecule has 2 rings (SSSR count). The number of rotatable bonds is 5. The lowest BCUT2D eigenvalue weighted by molar-refractivity contribution is -0.132. The van der Waals surface area contributed by atoms with Gasteiger partial charge in [0.2, 0.25) is 5.91 Å². The van der Waals surface area contributed by atoms with Gasteiger partial charge in [-0.05, 0) is 52.0 Å². The van der Waals surface area contributed by atoms with Crippen molar-refractivity contribution < 1.29 is 14.4 Å². The topological polar surface area (TPSA) is 75.3 Å². The lowest BCUT2D eigenvalue weighted by Crippen LogP contribution is -2.57. The molecule has 1 amide bonds. The summed E-state index contributed by atoms with van der Waals surface area (Å²) in [6.07, 6.45) is 5.35. The SMILES string of the molecule is CCNC(=O)[C@]12C=C[C@@H](C(C(C)=O)C(C)=O)C[C@H]1CCN2. The third kappa shape index (κ3) is 2.79. The lowest BCUT2D eigenvalue weighted by Gasteiger charge is -2.38. The van der Waals surface area contributed by atoms with Crippen LogP contribution in [0.15, 0.2) is 12.2 Å². The summed E-state index contributed by atoms with van der Waals surface area (Å²) in [6.45, 7) is 6.21. The molecule has 21 heavy (non-hydrogen) atoms. The summed E-state index contributed by atoms with van der Waals surface area (Å²) >= 11 is 0. The van der Waals surface area contributed by atoms with Crippen molar-refractivity contribution in [1.82, 2.24) is 10.6 Å². The Kier molecular flexibility index (Phi) is 4.61. The van der Waals surface area contributed by atoms with E-state index in [-0.39, 0.29) is 29.3 Å². The first-order valence-corrected chi connectivity index (χ1v) is 7.66. The molecule has 0 radical (unpaired) electrons. The summed E-state index contributed by atoms with van der Waals surface area (Å²) in [4.78, 5) is 35.9. The molecular formula is C16H24N2O3. The summed E-state index contributed by atoms with van der Waals surface area (Å²) in [5.74, 6) is -0.714. The molecule has 2 N–H and O–H groups in total. The smallest absolute Gasteiger partial charge is 0.244 e. The fourth-order valence-corrected chi connectivity index (χ4v) is 3.79. The second-order valence-corrected chi connectivity index (χ2v) is 6.10. The molecule has 0 aromatic carbocycles. The first kappa shape index (κ1) is 15.9. The van der Waals surface area contributed by atoms with Gasteiger partial charge >= 0.3 is 0 Å². The Morgan fingerprint density at radius 1 is 1.33 bits per heavy atom. The molecule has 0 spiro atoms. The summed E-state index contributed by atoms with van der Waals surface area (Å²) < 4.78 is 0. The number of nitrogens with one attached hydrogen (secondary N) is 2. The summed E-state index contributed by atoms with van der Waals surface area (Å²) in [5, 5.41) is 6.19. The Hall–Kier alpha value is -1.49. The zero-order valence-electron chi connectivity index (χ0n) is 12.9. The number of hydrogen-bond acceptors (Lipinski definition) is 4. The number of amides is 1. The van der Waals surface area contributed by atoms with Crippen LogP contribution < -0.4 is 10.6 Å². The maximum Gasteiger partial charge on any atom is 0.244 e. The zero-order chi connectivity index (χ0) is 15.6. The summed E-state index contributed by atoms with van der Waals surface area (Å²) in [5.41, 5.74) is -0.662. The van der Waals surface area contributed by atoms with Gasteiger partial charge in [0.05, 0.1) is 5.92 Å². The van der Waals surface area contributed by atoms with E-state index < -0.39 is 11.5 Å². The fraction of sp³-hybridized carbons (Fsp3) is 0.688. The molecule has 0 unspecified atom stereocenters. The van der Waals surface area contributed by atoms with E-state index >= 15 is 0 Å². The third-order valence-electron chi connectivity index (χ3n) is 4.73.